The minimum Gasteiger partial charge on any atom is -0.349 e. The molecule has 2 aromatic rings. The van der Waals surface area contributed by atoms with Gasteiger partial charge < -0.3 is 16.4 Å². The molecular formula is C22H27Cl2N3O2. The Bertz CT molecular complexity index is 850. The van der Waals surface area contributed by atoms with Gasteiger partial charge in [0.1, 0.15) is 5.54 Å². The van der Waals surface area contributed by atoms with E-state index in [9.17, 15) is 9.59 Å². The first-order chi connectivity index (χ1) is 13.4. The van der Waals surface area contributed by atoms with Crippen LogP contribution in [0.1, 0.15) is 54.9 Å². The van der Waals surface area contributed by atoms with Crippen molar-refractivity contribution in [2.24, 2.45) is 5.73 Å². The van der Waals surface area contributed by atoms with E-state index in [4.69, 9.17) is 17.3 Å². The van der Waals surface area contributed by atoms with Crippen molar-refractivity contribution in [3.63, 3.8) is 0 Å². The molecule has 1 saturated carbocycles. The van der Waals surface area contributed by atoms with Crippen molar-refractivity contribution in [2.75, 3.05) is 5.32 Å². The molecule has 0 bridgehead atoms. The molecule has 0 saturated heterocycles. The van der Waals surface area contributed by atoms with Gasteiger partial charge in [-0.3, -0.25) is 9.59 Å². The second kappa shape index (κ2) is 10.1. The lowest BCUT2D eigenvalue weighted by Gasteiger charge is -2.25. The second-order valence-electron chi connectivity index (χ2n) is 7.53. The summed E-state index contributed by atoms with van der Waals surface area (Å²) in [6.45, 7) is 1.66. The number of nitrogens with one attached hydrogen (secondary N) is 2. The highest BCUT2D eigenvalue weighted by Crippen LogP contribution is 2.25. The van der Waals surface area contributed by atoms with E-state index in [1.807, 2.05) is 30.3 Å². The number of carbonyl (C=O) groups is 2. The third-order valence-corrected chi connectivity index (χ3v) is 5.58. The highest BCUT2D eigenvalue weighted by Gasteiger charge is 2.30. The molecule has 5 nitrogen and oxygen atoms in total. The van der Waals surface area contributed by atoms with E-state index in [1.165, 1.54) is 6.42 Å². The van der Waals surface area contributed by atoms with E-state index in [1.54, 1.807) is 25.1 Å². The molecule has 29 heavy (non-hydrogen) atoms. The normalized spacial score (nSPS) is 16.2. The van der Waals surface area contributed by atoms with E-state index < -0.39 is 5.54 Å². The van der Waals surface area contributed by atoms with Gasteiger partial charge in [-0.05, 0) is 43.5 Å². The van der Waals surface area contributed by atoms with Crippen LogP contribution in [-0.2, 0) is 10.3 Å². The molecule has 0 heterocycles. The molecule has 2 aromatic carbocycles. The van der Waals surface area contributed by atoms with Gasteiger partial charge in [-0.2, -0.15) is 0 Å². The minimum absolute atomic E-state index is 0. The molecule has 1 aliphatic carbocycles. The van der Waals surface area contributed by atoms with Crippen LogP contribution in [-0.4, -0.2) is 17.9 Å². The molecule has 1 atom stereocenters. The summed E-state index contributed by atoms with van der Waals surface area (Å²) in [6, 6.07) is 14.2. The minimum atomic E-state index is -1.20. The third-order valence-electron chi connectivity index (χ3n) is 5.25. The van der Waals surface area contributed by atoms with Crippen molar-refractivity contribution in [3.8, 4) is 0 Å². The molecule has 2 amide bonds. The number of halogens is 2. The Balaban J connectivity index is 0.00000300. The highest BCUT2D eigenvalue weighted by molar-refractivity contribution is 6.34. The number of benzene rings is 2. The van der Waals surface area contributed by atoms with E-state index >= 15 is 0 Å². The fourth-order valence-electron chi connectivity index (χ4n) is 3.46. The lowest BCUT2D eigenvalue weighted by Crippen LogP contribution is -2.45. The Morgan fingerprint density at radius 3 is 2.38 bits per heavy atom. The van der Waals surface area contributed by atoms with Crippen LogP contribution < -0.4 is 16.4 Å². The lowest BCUT2D eigenvalue weighted by molar-refractivity contribution is -0.120. The van der Waals surface area contributed by atoms with Crippen molar-refractivity contribution < 1.29 is 9.59 Å². The Kier molecular flexibility index (Phi) is 8.08. The quantitative estimate of drug-likeness (QED) is 0.639. The number of hydrogen-bond acceptors (Lipinski definition) is 3. The van der Waals surface area contributed by atoms with Gasteiger partial charge in [0.25, 0.3) is 5.91 Å². The smallest absolute Gasteiger partial charge is 0.253 e. The second-order valence-corrected chi connectivity index (χ2v) is 7.93. The maximum absolute atomic E-state index is 12.7. The molecule has 7 heteroatoms. The fraction of sp³-hybridized carbons (Fsp3) is 0.364. The summed E-state index contributed by atoms with van der Waals surface area (Å²) in [4.78, 5) is 25.4. The summed E-state index contributed by atoms with van der Waals surface area (Å²) < 4.78 is 0. The number of hydrogen-bond donors (Lipinski definition) is 3. The number of nitrogens with two attached hydrogens (primary N) is 1. The van der Waals surface area contributed by atoms with Gasteiger partial charge in [-0.15, -0.1) is 12.4 Å². The molecule has 1 aliphatic rings. The summed E-state index contributed by atoms with van der Waals surface area (Å²) in [7, 11) is 0. The summed E-state index contributed by atoms with van der Waals surface area (Å²) in [6.07, 6.45) is 5.45. The van der Waals surface area contributed by atoms with Gasteiger partial charge in [-0.1, -0.05) is 61.2 Å². The monoisotopic (exact) mass is 435 g/mol. The van der Waals surface area contributed by atoms with E-state index in [0.29, 0.717) is 21.8 Å². The fourth-order valence-corrected chi connectivity index (χ4v) is 3.67. The number of carbonyl (C=O) groups excluding carboxylic acids is 2. The van der Waals surface area contributed by atoms with Gasteiger partial charge >= 0.3 is 0 Å². The molecule has 0 aromatic heterocycles. The third kappa shape index (κ3) is 5.72. The maximum atomic E-state index is 12.7. The zero-order chi connectivity index (χ0) is 20.1. The Morgan fingerprint density at radius 1 is 1.07 bits per heavy atom. The predicted octanol–water partition coefficient (Wildman–Crippen LogP) is 4.64. The van der Waals surface area contributed by atoms with Crippen molar-refractivity contribution in [2.45, 2.75) is 50.6 Å². The SMILES string of the molecule is CC(N)(C(=O)Nc1ccc(Cl)c(C(=O)NC2CCCCC2)c1)c1ccccc1.Cl. The van der Waals surface area contributed by atoms with Crippen LogP contribution in [0, 0.1) is 0 Å². The molecule has 0 radical (unpaired) electrons. The Labute approximate surface area is 182 Å². The zero-order valence-electron chi connectivity index (χ0n) is 16.4. The average molecular weight is 436 g/mol. The van der Waals surface area contributed by atoms with Gasteiger partial charge in [0.05, 0.1) is 10.6 Å². The highest BCUT2D eigenvalue weighted by atomic mass is 35.5. The standard InChI is InChI=1S/C22H26ClN3O2.ClH/c1-22(24,15-8-4-2-5-9-15)21(28)26-17-12-13-19(23)18(14-17)20(27)25-16-10-6-3-7-11-16;/h2,4-5,8-9,12-14,16H,3,6-7,10-11,24H2,1H3,(H,25,27)(H,26,28);1H. The molecular weight excluding hydrogens is 409 g/mol. The van der Waals surface area contributed by atoms with Crippen molar-refractivity contribution in [1.82, 2.24) is 5.32 Å². The first-order valence-corrected chi connectivity index (χ1v) is 10.0. The van der Waals surface area contributed by atoms with Gasteiger partial charge in [0, 0.05) is 11.7 Å². The molecule has 3 rings (SSSR count). The summed E-state index contributed by atoms with van der Waals surface area (Å²) in [5.41, 5.74) is 6.60. The Hall–Kier alpha value is -2.08. The van der Waals surface area contributed by atoms with Crippen LogP contribution >= 0.6 is 24.0 Å². The van der Waals surface area contributed by atoms with Crippen molar-refractivity contribution in [1.29, 1.82) is 0 Å². The molecule has 1 unspecified atom stereocenters. The first-order valence-electron chi connectivity index (χ1n) is 9.64. The number of rotatable bonds is 5. The number of anilines is 1. The zero-order valence-corrected chi connectivity index (χ0v) is 18.0. The van der Waals surface area contributed by atoms with Crippen LogP contribution in [0.5, 0.6) is 0 Å². The molecule has 4 N–H and O–H groups in total. The summed E-state index contributed by atoms with van der Waals surface area (Å²) in [5.74, 6) is -0.578. The van der Waals surface area contributed by atoms with Gasteiger partial charge in [-0.25, -0.2) is 0 Å². The van der Waals surface area contributed by atoms with Crippen molar-refractivity contribution in [3.05, 3.63) is 64.7 Å². The van der Waals surface area contributed by atoms with Crippen LogP contribution in [0.25, 0.3) is 0 Å². The Morgan fingerprint density at radius 2 is 1.72 bits per heavy atom. The average Bonchev–Trinajstić information content (AvgIpc) is 2.70. The van der Waals surface area contributed by atoms with Gasteiger partial charge in [0.15, 0.2) is 0 Å². The van der Waals surface area contributed by atoms with E-state index in [0.717, 1.165) is 25.7 Å². The molecule has 1 fully saturated rings. The number of amides is 2. The van der Waals surface area contributed by atoms with Crippen LogP contribution in [0.2, 0.25) is 5.02 Å². The lowest BCUT2D eigenvalue weighted by atomic mass is 9.92. The summed E-state index contributed by atoms with van der Waals surface area (Å²) in [5, 5.41) is 6.21. The summed E-state index contributed by atoms with van der Waals surface area (Å²) >= 11 is 6.23. The van der Waals surface area contributed by atoms with E-state index in [2.05, 4.69) is 10.6 Å². The molecule has 156 valence electrons. The predicted molar refractivity (Wildman–Crippen MR) is 120 cm³/mol. The first kappa shape index (κ1) is 23.2. The van der Waals surface area contributed by atoms with Crippen molar-refractivity contribution >= 4 is 41.5 Å². The molecule has 0 spiro atoms. The van der Waals surface area contributed by atoms with E-state index in [-0.39, 0.29) is 30.3 Å². The topological polar surface area (TPSA) is 84.2 Å². The molecule has 0 aliphatic heterocycles. The largest absolute Gasteiger partial charge is 0.349 e. The van der Waals surface area contributed by atoms with Crippen LogP contribution in [0.4, 0.5) is 5.69 Å². The van der Waals surface area contributed by atoms with Gasteiger partial charge in [0.2, 0.25) is 5.91 Å². The van der Waals surface area contributed by atoms with Crippen LogP contribution in [0.15, 0.2) is 48.5 Å². The maximum Gasteiger partial charge on any atom is 0.253 e. The van der Waals surface area contributed by atoms with Crippen LogP contribution in [0.3, 0.4) is 0 Å².